The SMILES string of the molecule is CCn1cc(C(CC)(CC)c2ccc(OC(=O)CCN)c(C)c2)cc1C(=O)NCC(C)(C)O. The molecule has 0 atom stereocenters. The average Bonchev–Trinajstić information content (AvgIpc) is 3.20. The average molecular weight is 458 g/mol. The molecule has 33 heavy (non-hydrogen) atoms. The van der Waals surface area contributed by atoms with Gasteiger partial charge < -0.3 is 25.5 Å². The van der Waals surface area contributed by atoms with Crippen LogP contribution >= 0.6 is 0 Å². The van der Waals surface area contributed by atoms with E-state index in [1.165, 1.54) is 0 Å². The molecule has 2 aromatic rings. The van der Waals surface area contributed by atoms with Crippen molar-refractivity contribution in [3.63, 3.8) is 0 Å². The van der Waals surface area contributed by atoms with Gasteiger partial charge in [-0.1, -0.05) is 26.0 Å². The van der Waals surface area contributed by atoms with Gasteiger partial charge in [-0.25, -0.2) is 0 Å². The number of nitrogens with one attached hydrogen (secondary N) is 1. The summed E-state index contributed by atoms with van der Waals surface area (Å²) in [6.07, 6.45) is 3.91. The first kappa shape index (κ1) is 26.6. The van der Waals surface area contributed by atoms with Crippen molar-refractivity contribution in [1.82, 2.24) is 9.88 Å². The van der Waals surface area contributed by atoms with E-state index in [1.54, 1.807) is 13.8 Å². The Kier molecular flexibility index (Phi) is 8.86. The van der Waals surface area contributed by atoms with Crippen molar-refractivity contribution < 1.29 is 19.4 Å². The van der Waals surface area contributed by atoms with E-state index in [4.69, 9.17) is 10.5 Å². The number of hydrogen-bond acceptors (Lipinski definition) is 5. The first-order valence-electron chi connectivity index (χ1n) is 11.7. The van der Waals surface area contributed by atoms with Gasteiger partial charge in [-0.2, -0.15) is 0 Å². The molecule has 0 aliphatic rings. The van der Waals surface area contributed by atoms with E-state index in [1.807, 2.05) is 36.6 Å². The maximum Gasteiger partial charge on any atom is 0.312 e. The molecule has 0 bridgehead atoms. The Morgan fingerprint density at radius 3 is 2.30 bits per heavy atom. The molecular formula is C26H39N3O4. The van der Waals surface area contributed by atoms with E-state index in [9.17, 15) is 14.7 Å². The molecule has 0 radical (unpaired) electrons. The van der Waals surface area contributed by atoms with Gasteiger partial charge in [-0.15, -0.1) is 0 Å². The molecule has 1 amide bonds. The first-order valence-corrected chi connectivity index (χ1v) is 11.7. The predicted octanol–water partition coefficient (Wildman–Crippen LogP) is 3.68. The predicted molar refractivity (Wildman–Crippen MR) is 131 cm³/mol. The molecule has 0 saturated heterocycles. The topological polar surface area (TPSA) is 107 Å². The van der Waals surface area contributed by atoms with Gasteiger partial charge in [-0.3, -0.25) is 9.59 Å². The van der Waals surface area contributed by atoms with Crippen molar-refractivity contribution in [2.24, 2.45) is 5.73 Å². The summed E-state index contributed by atoms with van der Waals surface area (Å²) in [7, 11) is 0. The smallest absolute Gasteiger partial charge is 0.312 e. The molecule has 7 heteroatoms. The lowest BCUT2D eigenvalue weighted by Crippen LogP contribution is -2.38. The molecule has 0 unspecified atom stereocenters. The van der Waals surface area contributed by atoms with E-state index in [-0.39, 0.29) is 36.8 Å². The second-order valence-corrected chi connectivity index (χ2v) is 9.18. The minimum atomic E-state index is -0.981. The fourth-order valence-corrected chi connectivity index (χ4v) is 4.20. The van der Waals surface area contributed by atoms with Crippen LogP contribution < -0.4 is 15.8 Å². The fourth-order valence-electron chi connectivity index (χ4n) is 4.20. The molecule has 1 aromatic carbocycles. The summed E-state index contributed by atoms with van der Waals surface area (Å²) in [4.78, 5) is 24.8. The third kappa shape index (κ3) is 6.24. The van der Waals surface area contributed by atoms with Gasteiger partial charge >= 0.3 is 5.97 Å². The standard InChI is InChI=1S/C26H39N3O4/c1-7-26(8-2,19-10-11-22(18(4)14-19)33-23(30)12-13-27)20-15-21(29(9-3)16-20)24(31)28-17-25(5,6)32/h10-11,14-16,32H,7-9,12-13,17,27H2,1-6H3,(H,28,31). The van der Waals surface area contributed by atoms with Crippen LogP contribution in [0, 0.1) is 6.92 Å². The molecular weight excluding hydrogens is 418 g/mol. The Hall–Kier alpha value is -2.64. The number of benzene rings is 1. The highest BCUT2D eigenvalue weighted by Crippen LogP contribution is 2.41. The first-order chi connectivity index (χ1) is 15.5. The number of amides is 1. The third-order valence-electron chi connectivity index (χ3n) is 6.21. The van der Waals surface area contributed by atoms with E-state index in [2.05, 4.69) is 31.4 Å². The number of nitrogens with zero attached hydrogens (tertiary/aromatic N) is 1. The second-order valence-electron chi connectivity index (χ2n) is 9.18. The van der Waals surface area contributed by atoms with Crippen molar-refractivity contribution in [2.45, 2.75) is 78.4 Å². The van der Waals surface area contributed by atoms with Gasteiger partial charge in [0.05, 0.1) is 12.0 Å². The van der Waals surface area contributed by atoms with Crippen LogP contribution in [0.15, 0.2) is 30.5 Å². The van der Waals surface area contributed by atoms with Gasteiger partial charge in [0.15, 0.2) is 0 Å². The maximum absolute atomic E-state index is 12.9. The largest absolute Gasteiger partial charge is 0.426 e. The summed E-state index contributed by atoms with van der Waals surface area (Å²) < 4.78 is 7.41. The van der Waals surface area contributed by atoms with E-state index in [0.29, 0.717) is 18.0 Å². The van der Waals surface area contributed by atoms with Crippen LogP contribution in [0.2, 0.25) is 0 Å². The summed E-state index contributed by atoms with van der Waals surface area (Å²) in [5.74, 6) is -0.00637. The number of carbonyl (C=O) groups is 2. The van der Waals surface area contributed by atoms with Crippen molar-refractivity contribution in [2.75, 3.05) is 13.1 Å². The van der Waals surface area contributed by atoms with Crippen molar-refractivity contribution in [1.29, 1.82) is 0 Å². The summed E-state index contributed by atoms with van der Waals surface area (Å²) in [5.41, 5.74) is 7.80. The summed E-state index contributed by atoms with van der Waals surface area (Å²) in [5, 5.41) is 12.8. The molecule has 0 fully saturated rings. The van der Waals surface area contributed by atoms with Gasteiger partial charge in [0.2, 0.25) is 0 Å². The Morgan fingerprint density at radius 2 is 1.79 bits per heavy atom. The minimum absolute atomic E-state index is 0.173. The number of aromatic nitrogens is 1. The Balaban J connectivity index is 2.44. The lowest BCUT2D eigenvalue weighted by Gasteiger charge is -2.32. The van der Waals surface area contributed by atoms with Gasteiger partial charge in [-0.05, 0) is 69.4 Å². The van der Waals surface area contributed by atoms with Crippen LogP contribution in [0.3, 0.4) is 0 Å². The molecule has 1 heterocycles. The highest BCUT2D eigenvalue weighted by atomic mass is 16.5. The molecule has 0 aliphatic carbocycles. The third-order valence-corrected chi connectivity index (χ3v) is 6.21. The molecule has 1 aromatic heterocycles. The molecule has 4 N–H and O–H groups in total. The number of aryl methyl sites for hydroxylation is 2. The number of nitrogens with two attached hydrogens (primary N) is 1. The number of aliphatic hydroxyl groups is 1. The van der Waals surface area contributed by atoms with E-state index in [0.717, 1.165) is 29.5 Å². The van der Waals surface area contributed by atoms with Crippen LogP contribution in [0.5, 0.6) is 5.75 Å². The highest BCUT2D eigenvalue weighted by molar-refractivity contribution is 5.93. The molecule has 7 nitrogen and oxygen atoms in total. The number of carbonyl (C=O) groups excluding carboxylic acids is 2. The lowest BCUT2D eigenvalue weighted by molar-refractivity contribution is -0.134. The molecule has 182 valence electrons. The molecule has 0 spiro atoms. The molecule has 0 saturated carbocycles. The Labute approximate surface area is 197 Å². The van der Waals surface area contributed by atoms with Crippen LogP contribution in [0.1, 0.15) is 81.1 Å². The van der Waals surface area contributed by atoms with Crippen LogP contribution in [0.4, 0.5) is 0 Å². The molecule has 0 aliphatic heterocycles. The van der Waals surface area contributed by atoms with Crippen LogP contribution in [-0.2, 0) is 16.8 Å². The van der Waals surface area contributed by atoms with Gasteiger partial charge in [0.25, 0.3) is 5.91 Å². The van der Waals surface area contributed by atoms with E-state index < -0.39 is 5.60 Å². The fraction of sp³-hybridized carbons (Fsp3) is 0.538. The van der Waals surface area contributed by atoms with E-state index >= 15 is 0 Å². The normalized spacial score (nSPS) is 12.0. The number of esters is 1. The zero-order chi connectivity index (χ0) is 24.8. The summed E-state index contributed by atoms with van der Waals surface area (Å²) in [6, 6.07) is 7.87. The zero-order valence-electron chi connectivity index (χ0n) is 20.8. The van der Waals surface area contributed by atoms with Gasteiger partial charge in [0.1, 0.15) is 11.4 Å². The lowest BCUT2D eigenvalue weighted by atomic mass is 9.71. The van der Waals surface area contributed by atoms with Crippen molar-refractivity contribution in [3.05, 3.63) is 52.8 Å². The van der Waals surface area contributed by atoms with Crippen molar-refractivity contribution in [3.8, 4) is 5.75 Å². The monoisotopic (exact) mass is 457 g/mol. The maximum atomic E-state index is 12.9. The summed E-state index contributed by atoms with van der Waals surface area (Å²) >= 11 is 0. The van der Waals surface area contributed by atoms with Crippen LogP contribution in [0.25, 0.3) is 0 Å². The Bertz CT molecular complexity index is 968. The van der Waals surface area contributed by atoms with Gasteiger partial charge in [0, 0.05) is 31.2 Å². The Morgan fingerprint density at radius 1 is 1.12 bits per heavy atom. The zero-order valence-corrected chi connectivity index (χ0v) is 20.8. The van der Waals surface area contributed by atoms with Crippen LogP contribution in [-0.4, -0.2) is 40.2 Å². The molecule has 2 rings (SSSR count). The minimum Gasteiger partial charge on any atom is -0.426 e. The number of rotatable bonds is 11. The number of hydrogen-bond donors (Lipinski definition) is 3. The number of ether oxygens (including phenoxy) is 1. The second kappa shape index (κ2) is 11.0. The van der Waals surface area contributed by atoms with Crippen molar-refractivity contribution >= 4 is 11.9 Å². The quantitative estimate of drug-likeness (QED) is 0.353. The highest BCUT2D eigenvalue weighted by Gasteiger charge is 2.33. The summed E-state index contributed by atoms with van der Waals surface area (Å²) in [6.45, 7) is 12.6.